The number of halogens is 2. The van der Waals surface area contributed by atoms with Gasteiger partial charge in [0.2, 0.25) is 0 Å². The van der Waals surface area contributed by atoms with Gasteiger partial charge in [0.25, 0.3) is 0 Å². The zero-order chi connectivity index (χ0) is 12.3. The zero-order valence-corrected chi connectivity index (χ0v) is 10.7. The molecule has 1 aliphatic heterocycles. The van der Waals surface area contributed by atoms with E-state index in [0.717, 1.165) is 25.9 Å². The van der Waals surface area contributed by atoms with Gasteiger partial charge in [-0.05, 0) is 38.1 Å². The van der Waals surface area contributed by atoms with Crippen LogP contribution in [-0.4, -0.2) is 19.1 Å². The smallest absolute Gasteiger partial charge is 0.314 e. The van der Waals surface area contributed by atoms with Crippen LogP contribution in [0.25, 0.3) is 0 Å². The van der Waals surface area contributed by atoms with Crippen molar-refractivity contribution in [3.63, 3.8) is 0 Å². The highest BCUT2D eigenvalue weighted by molar-refractivity contribution is 6.42. The summed E-state index contributed by atoms with van der Waals surface area (Å²) in [5.74, 6) is 0.235. The van der Waals surface area contributed by atoms with Crippen molar-refractivity contribution < 1.29 is 9.53 Å². The van der Waals surface area contributed by atoms with E-state index in [1.165, 1.54) is 0 Å². The van der Waals surface area contributed by atoms with Gasteiger partial charge in [0, 0.05) is 6.07 Å². The van der Waals surface area contributed by atoms with Crippen molar-refractivity contribution in [3.05, 3.63) is 28.2 Å². The van der Waals surface area contributed by atoms with Crippen molar-refractivity contribution in [2.45, 2.75) is 12.8 Å². The Morgan fingerprint density at radius 3 is 2.59 bits per heavy atom. The molecule has 0 unspecified atom stereocenters. The largest absolute Gasteiger partial charge is 0.426 e. The predicted molar refractivity (Wildman–Crippen MR) is 67.7 cm³/mol. The predicted octanol–water partition coefficient (Wildman–Crippen LogP) is 2.90. The summed E-state index contributed by atoms with van der Waals surface area (Å²) < 4.78 is 5.28. The van der Waals surface area contributed by atoms with Crippen LogP contribution in [0.3, 0.4) is 0 Å². The Kier molecular flexibility index (Phi) is 4.26. The van der Waals surface area contributed by atoms with Gasteiger partial charge in [-0.3, -0.25) is 4.79 Å². The summed E-state index contributed by atoms with van der Waals surface area (Å²) in [6, 6.07) is 4.82. The van der Waals surface area contributed by atoms with E-state index in [1.54, 1.807) is 18.2 Å². The maximum atomic E-state index is 11.8. The molecule has 1 heterocycles. The molecule has 0 radical (unpaired) electrons. The number of ether oxygens (including phenoxy) is 1. The molecule has 0 spiro atoms. The highest BCUT2D eigenvalue weighted by Gasteiger charge is 2.22. The summed E-state index contributed by atoms with van der Waals surface area (Å²) in [5.41, 5.74) is 0. The maximum absolute atomic E-state index is 11.8. The maximum Gasteiger partial charge on any atom is 0.314 e. The van der Waals surface area contributed by atoms with Gasteiger partial charge in [-0.25, -0.2) is 0 Å². The number of piperidine rings is 1. The van der Waals surface area contributed by atoms with Gasteiger partial charge in [-0.2, -0.15) is 0 Å². The summed E-state index contributed by atoms with van der Waals surface area (Å²) in [6.45, 7) is 1.72. The normalized spacial score (nSPS) is 16.8. The minimum absolute atomic E-state index is 0.0225. The second kappa shape index (κ2) is 5.71. The van der Waals surface area contributed by atoms with E-state index in [1.807, 2.05) is 0 Å². The zero-order valence-electron chi connectivity index (χ0n) is 9.21. The number of rotatable bonds is 2. The first-order valence-corrected chi connectivity index (χ1v) is 6.30. The summed E-state index contributed by atoms with van der Waals surface area (Å²) in [6.07, 6.45) is 1.64. The molecule has 0 saturated carbocycles. The van der Waals surface area contributed by atoms with E-state index in [9.17, 15) is 4.79 Å². The lowest BCUT2D eigenvalue weighted by Crippen LogP contribution is -2.33. The molecule has 1 fully saturated rings. The molecule has 0 amide bonds. The average molecular weight is 274 g/mol. The van der Waals surface area contributed by atoms with Crippen molar-refractivity contribution in [1.29, 1.82) is 0 Å². The van der Waals surface area contributed by atoms with Crippen LogP contribution in [0.4, 0.5) is 0 Å². The van der Waals surface area contributed by atoms with Crippen LogP contribution in [0.15, 0.2) is 18.2 Å². The molecule has 1 aromatic carbocycles. The van der Waals surface area contributed by atoms with E-state index in [-0.39, 0.29) is 11.9 Å². The lowest BCUT2D eigenvalue weighted by molar-refractivity contribution is -0.139. The van der Waals surface area contributed by atoms with Crippen molar-refractivity contribution >= 4 is 29.2 Å². The van der Waals surface area contributed by atoms with Gasteiger partial charge >= 0.3 is 5.97 Å². The molecule has 0 atom stereocenters. The highest BCUT2D eigenvalue weighted by Crippen LogP contribution is 2.27. The monoisotopic (exact) mass is 273 g/mol. The standard InChI is InChI=1S/C12H13Cl2NO2/c13-10-2-1-9(7-11(10)14)17-12(16)8-3-5-15-6-4-8/h1-2,7-8,15H,3-6H2. The van der Waals surface area contributed by atoms with Gasteiger partial charge in [0.1, 0.15) is 5.75 Å². The molecule has 0 aliphatic carbocycles. The number of hydrogen-bond donors (Lipinski definition) is 1. The molecule has 1 aromatic rings. The number of carbonyl (C=O) groups excluding carboxylic acids is 1. The average Bonchev–Trinajstić information content (AvgIpc) is 2.35. The fraction of sp³-hybridized carbons (Fsp3) is 0.417. The Labute approximate surface area is 110 Å². The van der Waals surface area contributed by atoms with Crippen LogP contribution in [-0.2, 0) is 4.79 Å². The topological polar surface area (TPSA) is 38.3 Å². The molecule has 1 saturated heterocycles. The van der Waals surface area contributed by atoms with Crippen molar-refractivity contribution in [2.75, 3.05) is 13.1 Å². The van der Waals surface area contributed by atoms with Gasteiger partial charge in [-0.1, -0.05) is 23.2 Å². The van der Waals surface area contributed by atoms with E-state index >= 15 is 0 Å². The number of nitrogens with one attached hydrogen (secondary N) is 1. The lowest BCUT2D eigenvalue weighted by Gasteiger charge is -2.20. The highest BCUT2D eigenvalue weighted by atomic mass is 35.5. The van der Waals surface area contributed by atoms with Crippen LogP contribution >= 0.6 is 23.2 Å². The SMILES string of the molecule is O=C(Oc1ccc(Cl)c(Cl)c1)C1CCNCC1. The second-order valence-electron chi connectivity index (χ2n) is 4.02. The molecule has 0 bridgehead atoms. The Balaban J connectivity index is 1.99. The van der Waals surface area contributed by atoms with Crippen molar-refractivity contribution in [2.24, 2.45) is 5.92 Å². The molecule has 1 aliphatic rings. The third-order valence-electron chi connectivity index (χ3n) is 2.78. The number of carbonyl (C=O) groups is 1. The molecule has 17 heavy (non-hydrogen) atoms. The summed E-state index contributed by atoms with van der Waals surface area (Å²) in [5, 5.41) is 4.05. The molecule has 5 heteroatoms. The minimum Gasteiger partial charge on any atom is -0.426 e. The first kappa shape index (κ1) is 12.7. The molecule has 1 N–H and O–H groups in total. The number of benzene rings is 1. The second-order valence-corrected chi connectivity index (χ2v) is 4.84. The van der Waals surface area contributed by atoms with E-state index in [4.69, 9.17) is 27.9 Å². The first-order valence-electron chi connectivity index (χ1n) is 5.54. The Morgan fingerprint density at radius 1 is 1.24 bits per heavy atom. The molecule has 92 valence electrons. The van der Waals surface area contributed by atoms with Crippen LogP contribution < -0.4 is 10.1 Å². The van der Waals surface area contributed by atoms with Crippen LogP contribution in [0.5, 0.6) is 5.75 Å². The molecule has 0 aromatic heterocycles. The lowest BCUT2D eigenvalue weighted by atomic mass is 9.98. The van der Waals surface area contributed by atoms with E-state index < -0.39 is 0 Å². The van der Waals surface area contributed by atoms with E-state index in [0.29, 0.717) is 15.8 Å². The first-order chi connectivity index (χ1) is 8.16. The van der Waals surface area contributed by atoms with Crippen molar-refractivity contribution in [3.8, 4) is 5.75 Å². The van der Waals surface area contributed by atoms with Crippen LogP contribution in [0.2, 0.25) is 10.0 Å². The fourth-order valence-electron chi connectivity index (χ4n) is 1.80. The van der Waals surface area contributed by atoms with Crippen molar-refractivity contribution in [1.82, 2.24) is 5.32 Å². The van der Waals surface area contributed by atoms with Gasteiger partial charge in [0.05, 0.1) is 16.0 Å². The molecular formula is C12H13Cl2NO2. The third kappa shape index (κ3) is 3.35. The van der Waals surface area contributed by atoms with Crippen LogP contribution in [0.1, 0.15) is 12.8 Å². The number of esters is 1. The summed E-state index contributed by atoms with van der Waals surface area (Å²) in [4.78, 5) is 11.8. The van der Waals surface area contributed by atoms with Gasteiger partial charge < -0.3 is 10.1 Å². The molecule has 3 nitrogen and oxygen atoms in total. The Bertz CT molecular complexity index is 417. The minimum atomic E-state index is -0.190. The van der Waals surface area contributed by atoms with Gasteiger partial charge in [-0.15, -0.1) is 0 Å². The van der Waals surface area contributed by atoms with Crippen LogP contribution in [0, 0.1) is 5.92 Å². The van der Waals surface area contributed by atoms with E-state index in [2.05, 4.69) is 5.32 Å². The third-order valence-corrected chi connectivity index (χ3v) is 3.52. The summed E-state index contributed by atoms with van der Waals surface area (Å²) in [7, 11) is 0. The van der Waals surface area contributed by atoms with Gasteiger partial charge in [0.15, 0.2) is 0 Å². The number of hydrogen-bond acceptors (Lipinski definition) is 3. The molecular weight excluding hydrogens is 261 g/mol. The molecule has 2 rings (SSSR count). The Hall–Kier alpha value is -0.770. The Morgan fingerprint density at radius 2 is 1.94 bits per heavy atom. The quantitative estimate of drug-likeness (QED) is 0.665. The fourth-order valence-corrected chi connectivity index (χ4v) is 2.09. The summed E-state index contributed by atoms with van der Waals surface area (Å²) >= 11 is 11.6.